The molecule has 2 aromatic heterocycles. The Morgan fingerprint density at radius 2 is 1.95 bits per heavy atom. The molecule has 0 radical (unpaired) electrons. The van der Waals surface area contributed by atoms with E-state index in [0.717, 1.165) is 16.8 Å². The van der Waals surface area contributed by atoms with Crippen LogP contribution in [-0.2, 0) is 13.0 Å². The fourth-order valence-corrected chi connectivity index (χ4v) is 2.62. The number of aromatic amines is 1. The van der Waals surface area contributed by atoms with Crippen molar-refractivity contribution < 1.29 is 4.52 Å². The minimum atomic E-state index is 0.0540. The molecule has 0 saturated heterocycles. The van der Waals surface area contributed by atoms with E-state index in [-0.39, 0.29) is 5.43 Å². The van der Waals surface area contributed by atoms with Crippen LogP contribution in [0.4, 0.5) is 0 Å². The lowest BCUT2D eigenvalue weighted by Gasteiger charge is -2.02. The lowest BCUT2D eigenvalue weighted by atomic mass is 10.1. The van der Waals surface area contributed by atoms with Gasteiger partial charge >= 0.3 is 5.65 Å². The monoisotopic (exact) mass is 283 g/mol. The Hall–Kier alpha value is -2.43. The molecule has 0 spiro atoms. The van der Waals surface area contributed by atoms with Crippen LogP contribution in [0.3, 0.4) is 0 Å². The molecule has 2 heterocycles. The lowest BCUT2D eigenvalue weighted by molar-refractivity contribution is -0.582. The summed E-state index contributed by atoms with van der Waals surface area (Å²) in [4.78, 5) is 12.6. The number of rotatable bonds is 3. The smallest absolute Gasteiger partial charge is 0.282 e. The van der Waals surface area contributed by atoms with Crippen molar-refractivity contribution in [2.24, 2.45) is 0 Å². The average Bonchev–Trinajstić information content (AvgIpc) is 2.85. The zero-order valence-corrected chi connectivity index (χ0v) is 12.6. The van der Waals surface area contributed by atoms with E-state index in [0.29, 0.717) is 18.6 Å². The van der Waals surface area contributed by atoms with Crippen molar-refractivity contribution in [2.75, 3.05) is 0 Å². The number of H-pyrrole nitrogens is 1. The highest BCUT2D eigenvalue weighted by Gasteiger charge is 2.19. The van der Waals surface area contributed by atoms with Gasteiger partial charge in [0.05, 0.1) is 0 Å². The van der Waals surface area contributed by atoms with E-state index < -0.39 is 0 Å². The molecule has 0 aliphatic rings. The summed E-state index contributed by atoms with van der Waals surface area (Å²) in [6, 6.07) is 8.27. The van der Waals surface area contributed by atoms with E-state index in [1.165, 1.54) is 5.56 Å². The van der Waals surface area contributed by atoms with Crippen LogP contribution < -0.4 is 9.94 Å². The molecule has 0 aliphatic carbocycles. The SMILES string of the molecule is CCc1c(C)[nH][n+]2cnn(Cc3ccc(C)cc3)c2c1=O. The summed E-state index contributed by atoms with van der Waals surface area (Å²) in [6.45, 7) is 6.56. The topological polar surface area (TPSA) is 54.8 Å². The second-order valence-electron chi connectivity index (χ2n) is 5.37. The number of hydrogen-bond acceptors (Lipinski definition) is 2. The van der Waals surface area contributed by atoms with Crippen molar-refractivity contribution in [1.82, 2.24) is 14.9 Å². The fraction of sp³-hybridized carbons (Fsp3) is 0.312. The molecule has 1 N–H and O–H groups in total. The molecule has 5 nitrogen and oxygen atoms in total. The van der Waals surface area contributed by atoms with Gasteiger partial charge in [-0.05, 0) is 25.8 Å². The van der Waals surface area contributed by atoms with Gasteiger partial charge in [-0.1, -0.05) is 41.4 Å². The molecule has 3 rings (SSSR count). The molecule has 0 bridgehead atoms. The van der Waals surface area contributed by atoms with Crippen LogP contribution in [0, 0.1) is 13.8 Å². The van der Waals surface area contributed by atoms with E-state index in [1.807, 2.05) is 13.8 Å². The predicted molar refractivity (Wildman–Crippen MR) is 80.4 cm³/mol. The first-order valence-corrected chi connectivity index (χ1v) is 7.14. The van der Waals surface area contributed by atoms with Gasteiger partial charge in [0, 0.05) is 16.4 Å². The number of aromatic nitrogens is 4. The number of hydrogen-bond donors (Lipinski definition) is 1. The Kier molecular flexibility index (Phi) is 3.33. The molecule has 5 heteroatoms. The second-order valence-corrected chi connectivity index (χ2v) is 5.37. The van der Waals surface area contributed by atoms with Gasteiger partial charge in [0.1, 0.15) is 6.54 Å². The van der Waals surface area contributed by atoms with E-state index in [4.69, 9.17) is 0 Å². The van der Waals surface area contributed by atoms with Crippen LogP contribution in [0.1, 0.15) is 29.3 Å². The summed E-state index contributed by atoms with van der Waals surface area (Å²) >= 11 is 0. The van der Waals surface area contributed by atoms with Gasteiger partial charge in [0.25, 0.3) is 11.8 Å². The molecule has 108 valence electrons. The Balaban J connectivity index is 2.11. The van der Waals surface area contributed by atoms with Crippen LogP contribution in [0.5, 0.6) is 0 Å². The van der Waals surface area contributed by atoms with Gasteiger partial charge in [-0.2, -0.15) is 0 Å². The van der Waals surface area contributed by atoms with Crippen LogP contribution in [0.15, 0.2) is 35.4 Å². The van der Waals surface area contributed by atoms with Crippen LogP contribution in [0.2, 0.25) is 0 Å². The Labute approximate surface area is 122 Å². The van der Waals surface area contributed by atoms with Gasteiger partial charge in [-0.15, -0.1) is 4.52 Å². The summed E-state index contributed by atoms with van der Waals surface area (Å²) in [7, 11) is 0. The summed E-state index contributed by atoms with van der Waals surface area (Å²) in [5.41, 5.74) is 4.70. The van der Waals surface area contributed by atoms with E-state index in [9.17, 15) is 4.79 Å². The van der Waals surface area contributed by atoms with Crippen molar-refractivity contribution >= 4 is 5.65 Å². The number of benzene rings is 1. The fourth-order valence-electron chi connectivity index (χ4n) is 2.62. The molecule has 1 aromatic carbocycles. The first-order valence-electron chi connectivity index (χ1n) is 7.14. The maximum Gasteiger partial charge on any atom is 0.331 e. The van der Waals surface area contributed by atoms with Gasteiger partial charge in [-0.3, -0.25) is 4.79 Å². The maximum atomic E-state index is 12.6. The summed E-state index contributed by atoms with van der Waals surface area (Å²) in [5.74, 6) is 0. The molecule has 0 aliphatic heterocycles. The lowest BCUT2D eigenvalue weighted by Crippen LogP contribution is -2.34. The first kappa shape index (κ1) is 13.5. The van der Waals surface area contributed by atoms with E-state index >= 15 is 0 Å². The van der Waals surface area contributed by atoms with E-state index in [2.05, 4.69) is 41.4 Å². The number of aryl methyl sites for hydroxylation is 2. The maximum absolute atomic E-state index is 12.6. The third-order valence-corrected chi connectivity index (χ3v) is 3.80. The molecule has 0 saturated carbocycles. The number of nitrogens with one attached hydrogen (secondary N) is 1. The molecular weight excluding hydrogens is 264 g/mol. The normalized spacial score (nSPS) is 11.2. The number of fused-ring (bicyclic) bond motifs is 1. The minimum absolute atomic E-state index is 0.0540. The zero-order chi connectivity index (χ0) is 15.0. The van der Waals surface area contributed by atoms with Crippen LogP contribution >= 0.6 is 0 Å². The third-order valence-electron chi connectivity index (χ3n) is 3.80. The van der Waals surface area contributed by atoms with Gasteiger partial charge in [-0.25, -0.2) is 5.10 Å². The summed E-state index contributed by atoms with van der Waals surface area (Å²) in [6.07, 6.45) is 2.37. The third kappa shape index (κ3) is 2.35. The van der Waals surface area contributed by atoms with Crippen LogP contribution in [0.25, 0.3) is 5.65 Å². The number of nitrogens with zero attached hydrogens (tertiary/aromatic N) is 3. The molecule has 0 fully saturated rings. The van der Waals surface area contributed by atoms with Gasteiger partial charge < -0.3 is 0 Å². The van der Waals surface area contributed by atoms with E-state index in [1.54, 1.807) is 15.5 Å². The van der Waals surface area contributed by atoms with Crippen molar-refractivity contribution in [3.63, 3.8) is 0 Å². The largest absolute Gasteiger partial charge is 0.331 e. The van der Waals surface area contributed by atoms with Gasteiger partial charge in [0.15, 0.2) is 0 Å². The molecule has 0 atom stereocenters. The van der Waals surface area contributed by atoms with Crippen molar-refractivity contribution in [3.05, 3.63) is 63.2 Å². The molecule has 0 unspecified atom stereocenters. The molecular formula is C16H19N4O+. The Bertz CT molecular complexity index is 843. The summed E-state index contributed by atoms with van der Waals surface area (Å²) in [5, 5.41) is 7.54. The predicted octanol–water partition coefficient (Wildman–Crippen LogP) is 1.54. The standard InChI is InChI=1S/C16H18N4O/c1-4-14-12(3)18-20-10-17-19(16(20)15(14)21)9-13-7-5-11(2)6-8-13/h5-8,10H,4,9H2,1-3H3/p+1. The minimum Gasteiger partial charge on any atom is -0.282 e. The first-order chi connectivity index (χ1) is 10.1. The Morgan fingerprint density at radius 1 is 1.24 bits per heavy atom. The quantitative estimate of drug-likeness (QED) is 0.741. The highest BCUT2D eigenvalue weighted by atomic mass is 16.1. The summed E-state index contributed by atoms with van der Waals surface area (Å²) < 4.78 is 3.45. The van der Waals surface area contributed by atoms with Crippen molar-refractivity contribution in [2.45, 2.75) is 33.7 Å². The average molecular weight is 283 g/mol. The van der Waals surface area contributed by atoms with Gasteiger partial charge in [0.2, 0.25) is 0 Å². The highest BCUT2D eigenvalue weighted by molar-refractivity contribution is 5.36. The Morgan fingerprint density at radius 3 is 2.62 bits per heavy atom. The second kappa shape index (κ2) is 5.16. The van der Waals surface area contributed by atoms with Crippen molar-refractivity contribution in [3.8, 4) is 0 Å². The highest BCUT2D eigenvalue weighted by Crippen LogP contribution is 2.06. The zero-order valence-electron chi connectivity index (χ0n) is 12.6. The van der Waals surface area contributed by atoms with Crippen molar-refractivity contribution in [1.29, 1.82) is 0 Å². The molecule has 0 amide bonds. The molecule has 3 aromatic rings. The van der Waals surface area contributed by atoms with Crippen LogP contribution in [-0.4, -0.2) is 14.9 Å². The molecule has 21 heavy (non-hydrogen) atoms.